The molecule has 2 nitrogen and oxygen atoms in total. The Hall–Kier alpha value is -1.78. The molecule has 122 valence electrons. The smallest absolute Gasteiger partial charge is 0.328 e. The Morgan fingerprint density at radius 2 is 1.91 bits per heavy atom. The van der Waals surface area contributed by atoms with Crippen LogP contribution in [0.5, 0.6) is 0 Å². The van der Waals surface area contributed by atoms with Crippen LogP contribution in [0, 0.1) is 0 Å². The van der Waals surface area contributed by atoms with Gasteiger partial charge in [-0.1, -0.05) is 55.8 Å². The summed E-state index contributed by atoms with van der Waals surface area (Å²) in [6.45, 7) is 3.69. The second-order valence-electron chi connectivity index (χ2n) is 5.11. The predicted molar refractivity (Wildman–Crippen MR) is 81.4 cm³/mol. The van der Waals surface area contributed by atoms with Crippen LogP contribution in [-0.2, 0) is 11.2 Å². The van der Waals surface area contributed by atoms with Gasteiger partial charge < -0.3 is 4.90 Å². The second kappa shape index (κ2) is 8.61. The summed E-state index contributed by atoms with van der Waals surface area (Å²) in [6, 6.07) is 8.69. The lowest BCUT2D eigenvalue weighted by Crippen LogP contribution is -2.47. The second-order valence-corrected chi connectivity index (χ2v) is 5.11. The summed E-state index contributed by atoms with van der Waals surface area (Å²) in [4.78, 5) is 12.7. The number of rotatable bonds is 7. The van der Waals surface area contributed by atoms with Crippen LogP contribution < -0.4 is 0 Å². The van der Waals surface area contributed by atoms with E-state index in [4.69, 9.17) is 0 Å². The zero-order valence-electron chi connectivity index (χ0n) is 12.9. The molecule has 1 aromatic carbocycles. The highest BCUT2D eigenvalue weighted by Gasteiger charge is 2.43. The topological polar surface area (TPSA) is 20.3 Å². The van der Waals surface area contributed by atoms with Crippen molar-refractivity contribution in [3.8, 4) is 0 Å². The summed E-state index contributed by atoms with van der Waals surface area (Å²) in [5.74, 6) is -1.76. The molecule has 0 fully saturated rings. The molecule has 0 aliphatic carbocycles. The van der Waals surface area contributed by atoms with Crippen molar-refractivity contribution < 1.29 is 18.0 Å². The fraction of sp³-hybridized carbons (Fsp3) is 0.471. The number of carbonyl (C=O) groups excluding carboxylic acids is 1. The third-order valence-electron chi connectivity index (χ3n) is 3.39. The number of alkyl halides is 3. The van der Waals surface area contributed by atoms with Gasteiger partial charge in [0.05, 0.1) is 6.04 Å². The summed E-state index contributed by atoms with van der Waals surface area (Å²) < 4.78 is 38.6. The van der Waals surface area contributed by atoms with E-state index in [1.54, 1.807) is 19.1 Å². The van der Waals surface area contributed by atoms with Crippen molar-refractivity contribution in [1.29, 1.82) is 0 Å². The lowest BCUT2D eigenvalue weighted by molar-refractivity contribution is -0.187. The minimum atomic E-state index is -4.84. The van der Waals surface area contributed by atoms with E-state index in [1.165, 1.54) is 0 Å². The fourth-order valence-corrected chi connectivity index (χ4v) is 2.35. The minimum absolute atomic E-state index is 0.0529. The van der Waals surface area contributed by atoms with Crippen LogP contribution in [0.1, 0.15) is 32.3 Å². The fourth-order valence-electron chi connectivity index (χ4n) is 2.35. The van der Waals surface area contributed by atoms with E-state index in [-0.39, 0.29) is 6.54 Å². The maximum Gasteiger partial charge on any atom is 0.471 e. The van der Waals surface area contributed by atoms with Crippen LogP contribution in [0.25, 0.3) is 0 Å². The highest BCUT2D eigenvalue weighted by Crippen LogP contribution is 2.22. The summed E-state index contributed by atoms with van der Waals surface area (Å²) >= 11 is 0. The van der Waals surface area contributed by atoms with Crippen LogP contribution in [-0.4, -0.2) is 29.6 Å². The number of nitrogens with zero attached hydrogens (tertiary/aromatic N) is 1. The van der Waals surface area contributed by atoms with Crippen LogP contribution >= 0.6 is 0 Å². The molecule has 22 heavy (non-hydrogen) atoms. The third kappa shape index (κ3) is 5.54. The quantitative estimate of drug-likeness (QED) is 0.685. The van der Waals surface area contributed by atoms with Gasteiger partial charge in [-0.15, -0.1) is 0 Å². The molecule has 0 saturated heterocycles. The molecule has 0 aliphatic heterocycles. The van der Waals surface area contributed by atoms with Crippen LogP contribution in [0.2, 0.25) is 0 Å². The molecule has 5 heteroatoms. The minimum Gasteiger partial charge on any atom is -0.328 e. The Bertz CT molecular complexity index is 482. The maximum absolute atomic E-state index is 12.9. The van der Waals surface area contributed by atoms with E-state index in [9.17, 15) is 18.0 Å². The molecule has 1 rings (SSSR count). The van der Waals surface area contributed by atoms with Crippen molar-refractivity contribution in [2.75, 3.05) is 6.54 Å². The SMILES string of the molecule is C/C=C/[C@@H](CCC)N(CCc1ccccc1)C(=O)C(F)(F)F. The van der Waals surface area contributed by atoms with Crippen LogP contribution in [0.3, 0.4) is 0 Å². The summed E-state index contributed by atoms with van der Waals surface area (Å²) in [5, 5.41) is 0. The van der Waals surface area contributed by atoms with Gasteiger partial charge in [0.2, 0.25) is 0 Å². The zero-order chi connectivity index (χ0) is 16.6. The lowest BCUT2D eigenvalue weighted by atomic mass is 10.1. The number of carbonyl (C=O) groups is 1. The lowest BCUT2D eigenvalue weighted by Gasteiger charge is -2.30. The van der Waals surface area contributed by atoms with Crippen LogP contribution in [0.4, 0.5) is 13.2 Å². The Labute approximate surface area is 129 Å². The van der Waals surface area contributed by atoms with Crippen molar-refractivity contribution in [1.82, 2.24) is 4.90 Å². The predicted octanol–water partition coefficient (Wildman–Crippen LogP) is 4.36. The third-order valence-corrected chi connectivity index (χ3v) is 3.39. The van der Waals surface area contributed by atoms with Gasteiger partial charge in [-0.25, -0.2) is 0 Å². The highest BCUT2D eigenvalue weighted by molar-refractivity contribution is 5.82. The average Bonchev–Trinajstić information content (AvgIpc) is 2.47. The molecular weight excluding hydrogens is 291 g/mol. The van der Waals surface area contributed by atoms with E-state index in [0.717, 1.165) is 10.5 Å². The zero-order valence-corrected chi connectivity index (χ0v) is 12.9. The Morgan fingerprint density at radius 3 is 2.41 bits per heavy atom. The van der Waals surface area contributed by atoms with Crippen molar-refractivity contribution in [3.05, 3.63) is 48.0 Å². The van der Waals surface area contributed by atoms with E-state index in [2.05, 4.69) is 0 Å². The molecule has 0 aromatic heterocycles. The van der Waals surface area contributed by atoms with E-state index < -0.39 is 18.1 Å². The standard InChI is InChI=1S/C17H22F3NO/c1-3-8-15(9-4-2)21(16(22)17(18,19)20)13-12-14-10-6-5-7-11-14/h3,5-8,10-11,15H,4,9,12-13H2,1-2H3/b8-3+/t15-/m0/s1. The molecule has 1 aromatic rings. The largest absolute Gasteiger partial charge is 0.471 e. The van der Waals surface area contributed by atoms with Crippen molar-refractivity contribution in [2.45, 2.75) is 45.3 Å². The Balaban J connectivity index is 2.92. The van der Waals surface area contributed by atoms with Gasteiger partial charge in [0.25, 0.3) is 0 Å². The number of halogens is 3. The van der Waals surface area contributed by atoms with Gasteiger partial charge in [0.15, 0.2) is 0 Å². The molecule has 0 bridgehead atoms. The highest BCUT2D eigenvalue weighted by atomic mass is 19.4. The number of amides is 1. The number of hydrogen-bond acceptors (Lipinski definition) is 1. The first-order valence-corrected chi connectivity index (χ1v) is 7.44. The molecule has 1 atom stereocenters. The number of benzene rings is 1. The van der Waals surface area contributed by atoms with Crippen LogP contribution in [0.15, 0.2) is 42.5 Å². The first-order chi connectivity index (χ1) is 10.4. The first kappa shape index (κ1) is 18.3. The van der Waals surface area contributed by atoms with Gasteiger partial charge in [-0.2, -0.15) is 13.2 Å². The van der Waals surface area contributed by atoms with E-state index >= 15 is 0 Å². The van der Waals surface area contributed by atoms with Crippen molar-refractivity contribution in [3.63, 3.8) is 0 Å². The van der Waals surface area contributed by atoms with Gasteiger partial charge in [0, 0.05) is 6.54 Å². The van der Waals surface area contributed by atoms with Crippen molar-refractivity contribution >= 4 is 5.91 Å². The molecule has 0 heterocycles. The molecule has 0 N–H and O–H groups in total. The molecule has 0 unspecified atom stereocenters. The summed E-state index contributed by atoms with van der Waals surface area (Å²) in [7, 11) is 0. The van der Waals surface area contributed by atoms with Gasteiger partial charge >= 0.3 is 12.1 Å². The Kier molecular flexibility index (Phi) is 7.15. The van der Waals surface area contributed by atoms with Gasteiger partial charge in [-0.3, -0.25) is 4.79 Å². The van der Waals surface area contributed by atoms with Gasteiger partial charge in [0.1, 0.15) is 0 Å². The normalized spacial score (nSPS) is 13.3. The maximum atomic E-state index is 12.9. The number of hydrogen-bond donors (Lipinski definition) is 0. The number of allylic oxidation sites excluding steroid dienone is 1. The summed E-state index contributed by atoms with van der Waals surface area (Å²) in [6.07, 6.45) is 0.144. The monoisotopic (exact) mass is 313 g/mol. The Morgan fingerprint density at radius 1 is 1.27 bits per heavy atom. The molecule has 0 aliphatic rings. The van der Waals surface area contributed by atoms with Gasteiger partial charge in [-0.05, 0) is 25.3 Å². The molecule has 0 saturated carbocycles. The van der Waals surface area contributed by atoms with Crippen molar-refractivity contribution in [2.24, 2.45) is 0 Å². The average molecular weight is 313 g/mol. The molecule has 1 amide bonds. The molecule has 0 radical (unpaired) electrons. The molecule has 0 spiro atoms. The first-order valence-electron chi connectivity index (χ1n) is 7.44. The summed E-state index contributed by atoms with van der Waals surface area (Å²) in [5.41, 5.74) is 0.915. The molecular formula is C17H22F3NO. The van der Waals surface area contributed by atoms with E-state index in [0.29, 0.717) is 19.3 Å². The van der Waals surface area contributed by atoms with E-state index in [1.807, 2.05) is 37.3 Å².